The number of carbonyl (C=O) groups is 2. The summed E-state index contributed by atoms with van der Waals surface area (Å²) in [7, 11) is 0. The van der Waals surface area contributed by atoms with Crippen molar-refractivity contribution in [2.75, 3.05) is 57.4 Å². The van der Waals surface area contributed by atoms with E-state index in [1.54, 1.807) is 0 Å². The molecule has 37 heavy (non-hydrogen) atoms. The summed E-state index contributed by atoms with van der Waals surface area (Å²) in [4.78, 5) is 30.3. The van der Waals surface area contributed by atoms with Crippen molar-refractivity contribution in [1.29, 1.82) is 0 Å². The van der Waals surface area contributed by atoms with Crippen LogP contribution in [0.1, 0.15) is 63.4 Å². The number of nitrogens with one attached hydrogen (secondary N) is 2. The fraction of sp³-hybridized carbons (Fsp3) is 0.724. The number of piperidine rings is 1. The molecule has 1 aromatic carbocycles. The molecule has 3 heterocycles. The minimum Gasteiger partial charge on any atom is -0.493 e. The Morgan fingerprint density at radius 1 is 0.946 bits per heavy atom. The monoisotopic (exact) mass is 512 g/mol. The summed E-state index contributed by atoms with van der Waals surface area (Å²) in [6.45, 7) is 6.34. The number of morpholine rings is 1. The van der Waals surface area contributed by atoms with Crippen LogP contribution in [0.2, 0.25) is 0 Å². The van der Waals surface area contributed by atoms with Gasteiger partial charge in [-0.25, -0.2) is 0 Å². The molecule has 8 nitrogen and oxygen atoms in total. The fourth-order valence-electron chi connectivity index (χ4n) is 6.48. The quantitative estimate of drug-likeness (QED) is 0.645. The predicted molar refractivity (Wildman–Crippen MR) is 144 cm³/mol. The van der Waals surface area contributed by atoms with Gasteiger partial charge in [0, 0.05) is 56.4 Å². The van der Waals surface area contributed by atoms with Crippen LogP contribution in [0, 0.1) is 11.8 Å². The molecule has 1 saturated carbocycles. The summed E-state index contributed by atoms with van der Waals surface area (Å²) in [5, 5.41) is 6.67. The number of hydrogen-bond donors (Lipinski definition) is 2. The Labute approximate surface area is 221 Å². The molecule has 5 rings (SSSR count). The van der Waals surface area contributed by atoms with Gasteiger partial charge < -0.3 is 29.9 Å². The number of nitrogens with zero attached hydrogens (tertiary/aromatic N) is 2. The highest BCUT2D eigenvalue weighted by Gasteiger charge is 2.33. The van der Waals surface area contributed by atoms with Crippen molar-refractivity contribution >= 4 is 17.5 Å². The minimum atomic E-state index is 0.154. The van der Waals surface area contributed by atoms with Gasteiger partial charge in [-0.2, -0.15) is 0 Å². The first-order valence-electron chi connectivity index (χ1n) is 14.5. The van der Waals surface area contributed by atoms with Crippen molar-refractivity contribution in [3.8, 4) is 5.75 Å². The lowest BCUT2D eigenvalue weighted by Gasteiger charge is -2.39. The summed E-state index contributed by atoms with van der Waals surface area (Å²) < 4.78 is 11.8. The van der Waals surface area contributed by atoms with E-state index in [9.17, 15) is 9.59 Å². The molecule has 0 radical (unpaired) electrons. The largest absolute Gasteiger partial charge is 0.493 e. The van der Waals surface area contributed by atoms with E-state index in [2.05, 4.69) is 33.7 Å². The normalized spacial score (nSPS) is 26.2. The third-order valence-corrected chi connectivity index (χ3v) is 8.65. The van der Waals surface area contributed by atoms with Crippen LogP contribution in [0.15, 0.2) is 18.2 Å². The van der Waals surface area contributed by atoms with Crippen LogP contribution in [0.5, 0.6) is 5.75 Å². The number of fused-ring (bicyclic) bond motifs is 3. The van der Waals surface area contributed by atoms with Crippen LogP contribution in [0.3, 0.4) is 0 Å². The van der Waals surface area contributed by atoms with Crippen molar-refractivity contribution in [3.05, 3.63) is 23.8 Å². The van der Waals surface area contributed by atoms with Crippen molar-refractivity contribution in [2.24, 2.45) is 11.8 Å². The molecule has 0 spiro atoms. The first-order valence-corrected chi connectivity index (χ1v) is 14.5. The van der Waals surface area contributed by atoms with Gasteiger partial charge in [-0.15, -0.1) is 0 Å². The van der Waals surface area contributed by atoms with Gasteiger partial charge in [-0.05, 0) is 62.1 Å². The van der Waals surface area contributed by atoms with Crippen LogP contribution in [-0.4, -0.2) is 75.3 Å². The lowest BCUT2D eigenvalue weighted by molar-refractivity contribution is -0.133. The SMILES string of the molecule is O=C(C[C@@H]1CCN2C[C@@H]1CCCOc1ccc(N3CCOCC3)cc1CNCC2=O)NC1CCCCC1. The van der Waals surface area contributed by atoms with Crippen LogP contribution in [-0.2, 0) is 20.9 Å². The van der Waals surface area contributed by atoms with E-state index in [-0.39, 0.29) is 11.8 Å². The molecule has 1 aliphatic carbocycles. The van der Waals surface area contributed by atoms with Gasteiger partial charge in [0.1, 0.15) is 5.75 Å². The third kappa shape index (κ3) is 7.17. The Balaban J connectivity index is 1.22. The third-order valence-electron chi connectivity index (χ3n) is 8.65. The molecule has 2 atom stereocenters. The molecule has 0 unspecified atom stereocenters. The van der Waals surface area contributed by atoms with Crippen LogP contribution in [0.4, 0.5) is 5.69 Å². The topological polar surface area (TPSA) is 83.1 Å². The molecular weight excluding hydrogens is 468 g/mol. The number of anilines is 1. The molecule has 8 heteroatoms. The molecule has 4 aliphatic rings. The van der Waals surface area contributed by atoms with Gasteiger partial charge in [0.15, 0.2) is 0 Å². The highest BCUT2D eigenvalue weighted by atomic mass is 16.5. The van der Waals surface area contributed by atoms with Gasteiger partial charge in [0.25, 0.3) is 0 Å². The van der Waals surface area contributed by atoms with Gasteiger partial charge in [0.05, 0.1) is 26.4 Å². The second-order valence-electron chi connectivity index (χ2n) is 11.2. The predicted octanol–water partition coefficient (Wildman–Crippen LogP) is 3.09. The van der Waals surface area contributed by atoms with E-state index >= 15 is 0 Å². The van der Waals surface area contributed by atoms with E-state index in [4.69, 9.17) is 9.47 Å². The van der Waals surface area contributed by atoms with E-state index in [0.29, 0.717) is 44.0 Å². The highest BCUT2D eigenvalue weighted by Crippen LogP contribution is 2.32. The zero-order valence-corrected chi connectivity index (χ0v) is 22.2. The highest BCUT2D eigenvalue weighted by molar-refractivity contribution is 5.79. The Morgan fingerprint density at radius 3 is 2.62 bits per heavy atom. The van der Waals surface area contributed by atoms with Crippen molar-refractivity contribution < 1.29 is 19.1 Å². The maximum absolute atomic E-state index is 13.1. The van der Waals surface area contributed by atoms with E-state index in [1.807, 2.05) is 4.90 Å². The molecule has 3 aliphatic heterocycles. The van der Waals surface area contributed by atoms with Crippen LogP contribution >= 0.6 is 0 Å². The summed E-state index contributed by atoms with van der Waals surface area (Å²) in [6, 6.07) is 6.75. The summed E-state index contributed by atoms with van der Waals surface area (Å²) in [5.41, 5.74) is 2.27. The van der Waals surface area contributed by atoms with Crippen molar-refractivity contribution in [3.63, 3.8) is 0 Å². The average Bonchev–Trinajstić information content (AvgIpc) is 2.93. The van der Waals surface area contributed by atoms with Crippen LogP contribution < -0.4 is 20.3 Å². The first-order chi connectivity index (χ1) is 18.2. The summed E-state index contributed by atoms with van der Waals surface area (Å²) >= 11 is 0. The maximum atomic E-state index is 13.1. The average molecular weight is 513 g/mol. The Hall–Kier alpha value is -2.32. The standard InChI is InChI=1S/C29H44N4O4/c34-28(31-25-6-2-1-3-7-25)18-22-10-11-33-21-23(22)5-4-14-37-27-9-8-26(32-12-15-36-16-13-32)17-24(27)19-30-20-29(33)35/h8-9,17,22-23,25,30H,1-7,10-16,18-21H2,(H,31,34)/t22-,23-/m0/s1. The zero-order valence-electron chi connectivity index (χ0n) is 22.2. The minimum absolute atomic E-state index is 0.154. The van der Waals surface area contributed by atoms with Crippen molar-refractivity contribution in [1.82, 2.24) is 15.5 Å². The number of carbonyl (C=O) groups excluding carboxylic acids is 2. The number of benzene rings is 1. The second-order valence-corrected chi connectivity index (χ2v) is 11.2. The molecule has 1 aromatic rings. The molecule has 2 amide bonds. The zero-order chi connectivity index (χ0) is 25.5. The van der Waals surface area contributed by atoms with Gasteiger partial charge in [0.2, 0.25) is 11.8 Å². The molecule has 204 valence electrons. The number of ether oxygens (including phenoxy) is 2. The van der Waals surface area contributed by atoms with E-state index in [0.717, 1.165) is 82.8 Å². The molecule has 2 saturated heterocycles. The van der Waals surface area contributed by atoms with Gasteiger partial charge in [-0.3, -0.25) is 9.59 Å². The van der Waals surface area contributed by atoms with E-state index < -0.39 is 0 Å². The first kappa shape index (κ1) is 26.3. The molecular formula is C29H44N4O4. The Kier molecular flexibility index (Phi) is 9.21. The Morgan fingerprint density at radius 2 is 1.78 bits per heavy atom. The fourth-order valence-corrected chi connectivity index (χ4v) is 6.48. The Bertz CT molecular complexity index is 913. The molecule has 2 bridgehead atoms. The maximum Gasteiger partial charge on any atom is 0.236 e. The van der Waals surface area contributed by atoms with E-state index in [1.165, 1.54) is 24.9 Å². The van der Waals surface area contributed by atoms with Crippen LogP contribution in [0.25, 0.3) is 0 Å². The summed E-state index contributed by atoms with van der Waals surface area (Å²) in [5.74, 6) is 1.91. The van der Waals surface area contributed by atoms with Gasteiger partial charge >= 0.3 is 0 Å². The number of hydrogen-bond acceptors (Lipinski definition) is 6. The second kappa shape index (κ2) is 13.0. The summed E-state index contributed by atoms with van der Waals surface area (Å²) in [6.07, 6.45) is 9.33. The molecule has 0 aromatic heterocycles. The van der Waals surface area contributed by atoms with Gasteiger partial charge in [-0.1, -0.05) is 19.3 Å². The smallest absolute Gasteiger partial charge is 0.236 e. The number of rotatable bonds is 4. The molecule has 3 fully saturated rings. The molecule has 2 N–H and O–H groups in total. The lowest BCUT2D eigenvalue weighted by Crippen LogP contribution is -2.48. The lowest BCUT2D eigenvalue weighted by atomic mass is 9.80. The van der Waals surface area contributed by atoms with Crippen molar-refractivity contribution in [2.45, 2.75) is 70.4 Å². The number of amides is 2.